The lowest BCUT2D eigenvalue weighted by atomic mass is 10.1. The number of rotatable bonds is 6. The Bertz CT molecular complexity index is 701. The van der Waals surface area contributed by atoms with Crippen LogP contribution >= 0.6 is 0 Å². The van der Waals surface area contributed by atoms with Crippen LogP contribution in [-0.2, 0) is 14.8 Å². The van der Waals surface area contributed by atoms with Gasteiger partial charge < -0.3 is 10.2 Å². The number of amides is 1. The van der Waals surface area contributed by atoms with Crippen molar-refractivity contribution in [3.05, 3.63) is 30.1 Å². The normalized spacial score (nSPS) is 18.3. The van der Waals surface area contributed by atoms with Crippen LogP contribution in [-0.4, -0.2) is 57.4 Å². The fourth-order valence-corrected chi connectivity index (χ4v) is 4.22. The van der Waals surface area contributed by atoms with Crippen LogP contribution in [0.2, 0.25) is 0 Å². The van der Waals surface area contributed by atoms with Gasteiger partial charge in [0.1, 0.15) is 10.7 Å². The fourth-order valence-electron chi connectivity index (χ4n) is 2.71. The molecule has 1 aromatic carbocycles. The first-order valence-corrected chi connectivity index (χ1v) is 10.0. The molecule has 1 atom stereocenters. The van der Waals surface area contributed by atoms with Gasteiger partial charge in [0.2, 0.25) is 10.0 Å². The zero-order valence-corrected chi connectivity index (χ0v) is 15.8. The summed E-state index contributed by atoms with van der Waals surface area (Å²) in [5.74, 6) is -0.400. The molecule has 8 heteroatoms. The third kappa shape index (κ3) is 4.99. The predicted molar refractivity (Wildman–Crippen MR) is 93.2 cm³/mol. The van der Waals surface area contributed by atoms with Gasteiger partial charge in [-0.3, -0.25) is 4.79 Å². The van der Waals surface area contributed by atoms with Crippen molar-refractivity contribution in [3.8, 4) is 0 Å². The van der Waals surface area contributed by atoms with Gasteiger partial charge in [-0.05, 0) is 25.0 Å². The van der Waals surface area contributed by atoms with Crippen molar-refractivity contribution in [2.24, 2.45) is 5.92 Å². The minimum Gasteiger partial charge on any atom is -0.348 e. The van der Waals surface area contributed by atoms with Crippen LogP contribution in [0.1, 0.15) is 20.8 Å². The highest BCUT2D eigenvalue weighted by atomic mass is 32.2. The second-order valence-electron chi connectivity index (χ2n) is 6.86. The van der Waals surface area contributed by atoms with Crippen molar-refractivity contribution >= 4 is 15.9 Å². The van der Waals surface area contributed by atoms with Crippen molar-refractivity contribution in [2.45, 2.75) is 31.7 Å². The van der Waals surface area contributed by atoms with E-state index in [9.17, 15) is 17.6 Å². The topological polar surface area (TPSA) is 70.9 Å². The number of hydrogen-bond acceptors (Lipinski definition) is 3. The Kier molecular flexibility index (Phi) is 6.53. The molecule has 0 aromatic heterocycles. The van der Waals surface area contributed by atoms with Crippen molar-refractivity contribution in [2.75, 3.05) is 32.7 Å². The average molecular weight is 372 g/mol. The molecule has 1 heterocycles. The number of carbonyl (C=O) groups excluding carboxylic acids is 1. The number of nitrogens with one attached hydrogen (secondary N) is 2. The summed E-state index contributed by atoms with van der Waals surface area (Å²) in [6.45, 7) is 7.99. The largest absolute Gasteiger partial charge is 0.348 e. The van der Waals surface area contributed by atoms with E-state index in [0.717, 1.165) is 11.0 Å². The Labute approximate surface area is 149 Å². The Hall–Kier alpha value is -1.51. The standard InChI is InChI=1S/C17H26FN3O3S/c1-13(2)14(3)19-17(22)12-20-8-10-21(11-9-20)25(23,24)16-7-5-4-6-15(16)18/h4-7,13-14H,8-12H2,1-3H3,(H,19,22)/p+1/t14-/m1/s1. The summed E-state index contributed by atoms with van der Waals surface area (Å²) < 4.78 is 40.2. The van der Waals surface area contributed by atoms with Crippen molar-refractivity contribution in [3.63, 3.8) is 0 Å². The molecule has 0 aliphatic carbocycles. The highest BCUT2D eigenvalue weighted by Crippen LogP contribution is 2.18. The molecule has 2 rings (SSSR count). The zero-order chi connectivity index (χ0) is 18.6. The van der Waals surface area contributed by atoms with E-state index in [-0.39, 0.29) is 29.9 Å². The van der Waals surface area contributed by atoms with Crippen LogP contribution < -0.4 is 10.2 Å². The summed E-state index contributed by atoms with van der Waals surface area (Å²) in [6.07, 6.45) is 0. The molecule has 0 unspecified atom stereocenters. The Morgan fingerprint density at radius 3 is 2.40 bits per heavy atom. The van der Waals surface area contributed by atoms with Gasteiger partial charge in [-0.25, -0.2) is 12.8 Å². The van der Waals surface area contributed by atoms with E-state index in [1.54, 1.807) is 0 Å². The van der Waals surface area contributed by atoms with Gasteiger partial charge in [0.15, 0.2) is 6.54 Å². The maximum atomic E-state index is 13.8. The highest BCUT2D eigenvalue weighted by molar-refractivity contribution is 7.89. The Morgan fingerprint density at radius 2 is 1.84 bits per heavy atom. The molecule has 1 saturated heterocycles. The smallest absolute Gasteiger partial charge is 0.275 e. The summed E-state index contributed by atoms with van der Waals surface area (Å²) in [4.78, 5) is 12.8. The third-order valence-corrected chi connectivity index (χ3v) is 6.62. The second-order valence-corrected chi connectivity index (χ2v) is 8.77. The van der Waals surface area contributed by atoms with E-state index < -0.39 is 15.8 Å². The van der Waals surface area contributed by atoms with Crippen molar-refractivity contribution in [1.82, 2.24) is 9.62 Å². The molecular formula is C17H27FN3O3S+. The SMILES string of the molecule is CC(C)[C@@H](C)NC(=O)C[NH+]1CCN(S(=O)(=O)c2ccccc2F)CC1. The number of hydrogen-bond donors (Lipinski definition) is 2. The quantitative estimate of drug-likeness (QED) is 0.731. The predicted octanol–water partition coefficient (Wildman–Crippen LogP) is -0.124. The van der Waals surface area contributed by atoms with Crippen molar-refractivity contribution < 1.29 is 22.5 Å². The van der Waals surface area contributed by atoms with Crippen molar-refractivity contribution in [1.29, 1.82) is 0 Å². The summed E-state index contributed by atoms with van der Waals surface area (Å²) in [5.41, 5.74) is 0. The molecule has 1 amide bonds. The van der Waals surface area contributed by atoms with Crippen LogP contribution in [0.15, 0.2) is 29.2 Å². The van der Waals surface area contributed by atoms with Crippen LogP contribution in [0.4, 0.5) is 4.39 Å². The summed E-state index contributed by atoms with van der Waals surface area (Å²) >= 11 is 0. The molecular weight excluding hydrogens is 345 g/mol. The fraction of sp³-hybridized carbons (Fsp3) is 0.588. The minimum atomic E-state index is -3.83. The zero-order valence-electron chi connectivity index (χ0n) is 15.0. The van der Waals surface area contributed by atoms with Crippen LogP contribution in [0.5, 0.6) is 0 Å². The molecule has 1 aliphatic heterocycles. The first kappa shape index (κ1) is 19.8. The highest BCUT2D eigenvalue weighted by Gasteiger charge is 2.32. The van der Waals surface area contributed by atoms with Crippen LogP contribution in [0.25, 0.3) is 0 Å². The number of nitrogens with zero attached hydrogens (tertiary/aromatic N) is 1. The van der Waals surface area contributed by atoms with E-state index in [0.29, 0.717) is 25.6 Å². The third-order valence-electron chi connectivity index (χ3n) is 4.68. The van der Waals surface area contributed by atoms with E-state index in [2.05, 4.69) is 5.32 Å². The van der Waals surface area contributed by atoms with E-state index >= 15 is 0 Å². The molecule has 1 aromatic rings. The molecule has 2 N–H and O–H groups in total. The molecule has 6 nitrogen and oxygen atoms in total. The molecule has 0 bridgehead atoms. The number of halogens is 1. The lowest BCUT2D eigenvalue weighted by molar-refractivity contribution is -0.895. The first-order chi connectivity index (χ1) is 11.7. The molecule has 1 aliphatic rings. The number of sulfonamides is 1. The number of piperazine rings is 1. The Morgan fingerprint density at radius 1 is 1.24 bits per heavy atom. The van der Waals surface area contributed by atoms with Gasteiger partial charge in [-0.15, -0.1) is 0 Å². The van der Waals surface area contributed by atoms with E-state index in [1.165, 1.54) is 22.5 Å². The first-order valence-electron chi connectivity index (χ1n) is 8.59. The number of quaternary nitrogens is 1. The molecule has 0 spiro atoms. The van der Waals surface area contributed by atoms with Crippen LogP contribution in [0.3, 0.4) is 0 Å². The van der Waals surface area contributed by atoms with E-state index in [1.807, 2.05) is 20.8 Å². The van der Waals surface area contributed by atoms with Gasteiger partial charge in [0.25, 0.3) is 5.91 Å². The lowest BCUT2D eigenvalue weighted by Crippen LogP contribution is -3.15. The molecule has 1 fully saturated rings. The summed E-state index contributed by atoms with van der Waals surface area (Å²) in [7, 11) is -3.83. The summed E-state index contributed by atoms with van der Waals surface area (Å²) in [5, 5.41) is 2.96. The van der Waals surface area contributed by atoms with E-state index in [4.69, 9.17) is 0 Å². The lowest BCUT2D eigenvalue weighted by Gasteiger charge is -2.31. The van der Waals surface area contributed by atoms with Gasteiger partial charge in [-0.2, -0.15) is 4.31 Å². The number of benzene rings is 1. The van der Waals surface area contributed by atoms with Gasteiger partial charge >= 0.3 is 0 Å². The average Bonchev–Trinajstić information content (AvgIpc) is 2.55. The minimum absolute atomic E-state index is 0.0263. The monoisotopic (exact) mass is 372 g/mol. The van der Waals surface area contributed by atoms with Gasteiger partial charge in [-0.1, -0.05) is 26.0 Å². The van der Waals surface area contributed by atoms with Crippen LogP contribution in [0, 0.1) is 11.7 Å². The molecule has 140 valence electrons. The molecule has 0 radical (unpaired) electrons. The maximum absolute atomic E-state index is 13.8. The maximum Gasteiger partial charge on any atom is 0.275 e. The second kappa shape index (κ2) is 8.25. The van der Waals surface area contributed by atoms with Gasteiger partial charge in [0.05, 0.1) is 26.2 Å². The molecule has 0 saturated carbocycles. The molecule has 25 heavy (non-hydrogen) atoms. The van der Waals surface area contributed by atoms with Gasteiger partial charge in [0, 0.05) is 6.04 Å². The number of carbonyl (C=O) groups is 1. The Balaban J connectivity index is 1.91. The summed E-state index contributed by atoms with van der Waals surface area (Å²) in [6, 6.07) is 5.51.